The van der Waals surface area contributed by atoms with Crippen LogP contribution in [0.1, 0.15) is 33.6 Å². The topological polar surface area (TPSA) is 49.6 Å². The molecular formula is C13H27N3O. The van der Waals surface area contributed by atoms with Crippen molar-refractivity contribution in [2.24, 2.45) is 11.7 Å². The van der Waals surface area contributed by atoms with Crippen molar-refractivity contribution in [3.05, 3.63) is 0 Å². The Morgan fingerprint density at radius 3 is 2.29 bits per heavy atom. The summed E-state index contributed by atoms with van der Waals surface area (Å²) < 4.78 is 0. The average Bonchev–Trinajstić information content (AvgIpc) is 2.35. The molecule has 0 bridgehead atoms. The van der Waals surface area contributed by atoms with Gasteiger partial charge in [0, 0.05) is 26.2 Å². The molecule has 0 aromatic heterocycles. The highest BCUT2D eigenvalue weighted by atomic mass is 16.2. The van der Waals surface area contributed by atoms with Crippen LogP contribution in [-0.2, 0) is 4.79 Å². The van der Waals surface area contributed by atoms with Crippen molar-refractivity contribution >= 4 is 5.91 Å². The van der Waals surface area contributed by atoms with E-state index in [9.17, 15) is 4.79 Å². The Labute approximate surface area is 105 Å². The second kappa shape index (κ2) is 6.97. The van der Waals surface area contributed by atoms with Gasteiger partial charge in [0.15, 0.2) is 0 Å². The standard InChI is InChI=1S/C13H27N3O/c1-4-12(14)13(17)16-9-7-15(8-10-16)6-5-11(2)3/h11-12H,4-10,14H2,1-3H3. The minimum Gasteiger partial charge on any atom is -0.339 e. The quantitative estimate of drug-likeness (QED) is 0.778. The Morgan fingerprint density at radius 1 is 1.24 bits per heavy atom. The first-order valence-corrected chi connectivity index (χ1v) is 6.81. The Hall–Kier alpha value is -0.610. The van der Waals surface area contributed by atoms with E-state index in [4.69, 9.17) is 5.73 Å². The Kier molecular flexibility index (Phi) is 5.92. The Morgan fingerprint density at radius 2 is 1.82 bits per heavy atom. The predicted octanol–water partition coefficient (Wildman–Crippen LogP) is 0.914. The van der Waals surface area contributed by atoms with Crippen LogP contribution in [0, 0.1) is 5.92 Å². The zero-order valence-electron chi connectivity index (χ0n) is 11.5. The number of rotatable bonds is 5. The number of carbonyl (C=O) groups is 1. The molecule has 0 saturated carbocycles. The van der Waals surface area contributed by atoms with Gasteiger partial charge in [0.2, 0.25) is 5.91 Å². The van der Waals surface area contributed by atoms with Gasteiger partial charge in [-0.2, -0.15) is 0 Å². The van der Waals surface area contributed by atoms with Gasteiger partial charge in [0.25, 0.3) is 0 Å². The van der Waals surface area contributed by atoms with E-state index in [-0.39, 0.29) is 11.9 Å². The highest BCUT2D eigenvalue weighted by Crippen LogP contribution is 2.07. The summed E-state index contributed by atoms with van der Waals surface area (Å²) in [5, 5.41) is 0. The highest BCUT2D eigenvalue weighted by molar-refractivity contribution is 5.81. The summed E-state index contributed by atoms with van der Waals surface area (Å²) in [4.78, 5) is 16.2. The number of carbonyl (C=O) groups excluding carboxylic acids is 1. The number of nitrogens with zero attached hydrogens (tertiary/aromatic N) is 2. The van der Waals surface area contributed by atoms with Crippen LogP contribution >= 0.6 is 0 Å². The van der Waals surface area contributed by atoms with Crippen LogP contribution < -0.4 is 5.73 Å². The minimum absolute atomic E-state index is 0.121. The summed E-state index contributed by atoms with van der Waals surface area (Å²) in [7, 11) is 0. The molecule has 4 nitrogen and oxygen atoms in total. The smallest absolute Gasteiger partial charge is 0.239 e. The molecule has 0 aliphatic carbocycles. The van der Waals surface area contributed by atoms with Crippen LogP contribution in [0.2, 0.25) is 0 Å². The molecule has 0 radical (unpaired) electrons. The van der Waals surface area contributed by atoms with Crippen molar-refractivity contribution in [2.45, 2.75) is 39.7 Å². The van der Waals surface area contributed by atoms with Crippen molar-refractivity contribution in [1.82, 2.24) is 9.80 Å². The molecule has 1 heterocycles. The fourth-order valence-electron chi connectivity index (χ4n) is 2.04. The van der Waals surface area contributed by atoms with Gasteiger partial charge >= 0.3 is 0 Å². The first-order valence-electron chi connectivity index (χ1n) is 6.81. The predicted molar refractivity (Wildman–Crippen MR) is 70.7 cm³/mol. The number of hydrogen-bond acceptors (Lipinski definition) is 3. The third-order valence-electron chi connectivity index (χ3n) is 3.46. The first kappa shape index (κ1) is 14.5. The van der Waals surface area contributed by atoms with Gasteiger partial charge in [-0.05, 0) is 25.3 Å². The summed E-state index contributed by atoms with van der Waals surface area (Å²) in [6.07, 6.45) is 1.97. The largest absolute Gasteiger partial charge is 0.339 e. The van der Waals surface area contributed by atoms with Gasteiger partial charge in [0.1, 0.15) is 0 Å². The lowest BCUT2D eigenvalue weighted by molar-refractivity contribution is -0.134. The van der Waals surface area contributed by atoms with Crippen LogP contribution in [0.25, 0.3) is 0 Å². The Bertz CT molecular complexity index is 235. The third kappa shape index (κ3) is 4.64. The molecular weight excluding hydrogens is 214 g/mol. The monoisotopic (exact) mass is 241 g/mol. The summed E-state index contributed by atoms with van der Waals surface area (Å²) in [6, 6.07) is -0.308. The van der Waals surface area contributed by atoms with Gasteiger partial charge < -0.3 is 10.6 Å². The highest BCUT2D eigenvalue weighted by Gasteiger charge is 2.23. The summed E-state index contributed by atoms with van der Waals surface area (Å²) in [6.45, 7) is 11.3. The zero-order valence-corrected chi connectivity index (χ0v) is 11.5. The molecule has 1 unspecified atom stereocenters. The van der Waals surface area contributed by atoms with E-state index in [1.807, 2.05) is 11.8 Å². The third-order valence-corrected chi connectivity index (χ3v) is 3.46. The molecule has 0 aromatic carbocycles. The van der Waals surface area contributed by atoms with E-state index in [1.165, 1.54) is 6.42 Å². The number of nitrogens with two attached hydrogens (primary N) is 1. The lowest BCUT2D eigenvalue weighted by Gasteiger charge is -2.36. The molecule has 1 aliphatic rings. The van der Waals surface area contributed by atoms with Crippen molar-refractivity contribution in [3.8, 4) is 0 Å². The minimum atomic E-state index is -0.308. The lowest BCUT2D eigenvalue weighted by Crippen LogP contribution is -2.53. The van der Waals surface area contributed by atoms with Crippen molar-refractivity contribution in [1.29, 1.82) is 0 Å². The van der Waals surface area contributed by atoms with Crippen LogP contribution in [0.3, 0.4) is 0 Å². The molecule has 1 fully saturated rings. The first-order chi connectivity index (χ1) is 8.04. The molecule has 1 aliphatic heterocycles. The van der Waals surface area contributed by atoms with E-state index >= 15 is 0 Å². The summed E-state index contributed by atoms with van der Waals surface area (Å²) in [5.41, 5.74) is 5.78. The Balaban J connectivity index is 2.28. The van der Waals surface area contributed by atoms with E-state index in [0.29, 0.717) is 0 Å². The normalized spacial score (nSPS) is 19.7. The fourth-order valence-corrected chi connectivity index (χ4v) is 2.04. The van der Waals surface area contributed by atoms with Crippen molar-refractivity contribution in [2.75, 3.05) is 32.7 Å². The van der Waals surface area contributed by atoms with Gasteiger partial charge in [-0.15, -0.1) is 0 Å². The molecule has 100 valence electrons. The molecule has 2 N–H and O–H groups in total. The average molecular weight is 241 g/mol. The van der Waals surface area contributed by atoms with Crippen LogP contribution in [0.15, 0.2) is 0 Å². The molecule has 1 saturated heterocycles. The fraction of sp³-hybridized carbons (Fsp3) is 0.923. The summed E-state index contributed by atoms with van der Waals surface area (Å²) >= 11 is 0. The van der Waals surface area contributed by atoms with Gasteiger partial charge in [-0.25, -0.2) is 0 Å². The van der Waals surface area contributed by atoms with E-state index in [1.54, 1.807) is 0 Å². The van der Waals surface area contributed by atoms with E-state index < -0.39 is 0 Å². The number of amides is 1. The van der Waals surface area contributed by atoms with Gasteiger partial charge in [-0.3, -0.25) is 9.69 Å². The second-order valence-electron chi connectivity index (χ2n) is 5.36. The molecule has 0 spiro atoms. The number of hydrogen-bond donors (Lipinski definition) is 1. The summed E-state index contributed by atoms with van der Waals surface area (Å²) in [5.74, 6) is 0.874. The van der Waals surface area contributed by atoms with Crippen molar-refractivity contribution in [3.63, 3.8) is 0 Å². The van der Waals surface area contributed by atoms with Crippen LogP contribution in [0.4, 0.5) is 0 Å². The molecule has 1 atom stereocenters. The van der Waals surface area contributed by atoms with Gasteiger partial charge in [0.05, 0.1) is 6.04 Å². The van der Waals surface area contributed by atoms with E-state index in [2.05, 4.69) is 18.7 Å². The van der Waals surface area contributed by atoms with Crippen molar-refractivity contribution < 1.29 is 4.79 Å². The maximum Gasteiger partial charge on any atom is 0.239 e. The zero-order chi connectivity index (χ0) is 12.8. The lowest BCUT2D eigenvalue weighted by atomic mass is 10.1. The molecule has 17 heavy (non-hydrogen) atoms. The maximum atomic E-state index is 11.9. The number of piperazine rings is 1. The second-order valence-corrected chi connectivity index (χ2v) is 5.36. The maximum absolute atomic E-state index is 11.9. The van der Waals surface area contributed by atoms with Gasteiger partial charge in [-0.1, -0.05) is 20.8 Å². The SMILES string of the molecule is CCC(N)C(=O)N1CCN(CCC(C)C)CC1. The molecule has 1 amide bonds. The molecule has 4 heteroatoms. The molecule has 0 aromatic rings. The van der Waals surface area contributed by atoms with Crippen LogP contribution in [-0.4, -0.2) is 54.5 Å². The molecule has 1 rings (SSSR count). The van der Waals surface area contributed by atoms with Crippen LogP contribution in [0.5, 0.6) is 0 Å². The van der Waals surface area contributed by atoms with E-state index in [0.717, 1.165) is 45.1 Å².